The van der Waals surface area contributed by atoms with Gasteiger partial charge in [-0.2, -0.15) is 0 Å². The van der Waals surface area contributed by atoms with Crippen molar-refractivity contribution in [3.05, 3.63) is 30.6 Å². The highest BCUT2D eigenvalue weighted by atomic mass is 15.5. The van der Waals surface area contributed by atoms with Crippen molar-refractivity contribution in [3.8, 4) is 5.69 Å². The highest BCUT2D eigenvalue weighted by molar-refractivity contribution is 5.49. The molecule has 1 fully saturated rings. The van der Waals surface area contributed by atoms with Gasteiger partial charge in [-0.1, -0.05) is 13.8 Å². The van der Waals surface area contributed by atoms with Gasteiger partial charge in [0, 0.05) is 11.7 Å². The lowest BCUT2D eigenvalue weighted by Gasteiger charge is -2.32. The molecule has 1 aliphatic rings. The van der Waals surface area contributed by atoms with Crippen LogP contribution in [0, 0.1) is 11.8 Å². The van der Waals surface area contributed by atoms with Gasteiger partial charge < -0.3 is 5.32 Å². The molecule has 0 aliphatic heterocycles. The summed E-state index contributed by atoms with van der Waals surface area (Å²) in [5, 5.41) is 14.8. The summed E-state index contributed by atoms with van der Waals surface area (Å²) < 4.78 is 1.66. The second-order valence-corrected chi connectivity index (χ2v) is 6.06. The van der Waals surface area contributed by atoms with E-state index in [1.807, 2.05) is 12.1 Å². The second kappa shape index (κ2) is 5.61. The number of hydrogen-bond donors (Lipinski definition) is 1. The minimum atomic E-state index is 0.590. The SMILES string of the molecule is CC1CC(C)CC(Nc2ccc(-n3cnnn3)cc2)C1. The lowest BCUT2D eigenvalue weighted by molar-refractivity contribution is 0.281. The van der Waals surface area contributed by atoms with Crippen LogP contribution in [0.15, 0.2) is 30.6 Å². The molecule has 5 heteroatoms. The van der Waals surface area contributed by atoms with Gasteiger partial charge in [0.2, 0.25) is 0 Å². The molecule has 0 bridgehead atoms. The first-order chi connectivity index (χ1) is 9.70. The molecule has 106 valence electrons. The number of rotatable bonds is 3. The van der Waals surface area contributed by atoms with Gasteiger partial charge in [-0.25, -0.2) is 4.68 Å². The van der Waals surface area contributed by atoms with E-state index in [-0.39, 0.29) is 0 Å². The van der Waals surface area contributed by atoms with Gasteiger partial charge in [-0.05, 0) is 65.8 Å². The van der Waals surface area contributed by atoms with E-state index in [1.165, 1.54) is 24.9 Å². The first kappa shape index (κ1) is 13.1. The van der Waals surface area contributed by atoms with Gasteiger partial charge >= 0.3 is 0 Å². The van der Waals surface area contributed by atoms with Crippen LogP contribution in [0.2, 0.25) is 0 Å². The Morgan fingerprint density at radius 3 is 2.35 bits per heavy atom. The third kappa shape index (κ3) is 2.98. The van der Waals surface area contributed by atoms with Crippen LogP contribution >= 0.6 is 0 Å². The van der Waals surface area contributed by atoms with E-state index in [0.717, 1.165) is 17.5 Å². The van der Waals surface area contributed by atoms with Crippen molar-refractivity contribution in [3.63, 3.8) is 0 Å². The lowest BCUT2D eigenvalue weighted by Crippen LogP contribution is -2.30. The molecule has 1 aromatic carbocycles. The molecule has 1 aliphatic carbocycles. The van der Waals surface area contributed by atoms with Crippen LogP contribution in [0.1, 0.15) is 33.1 Å². The molecular formula is C15H21N5. The van der Waals surface area contributed by atoms with Gasteiger partial charge in [0.05, 0.1) is 5.69 Å². The summed E-state index contributed by atoms with van der Waals surface area (Å²) in [6.07, 6.45) is 5.49. The largest absolute Gasteiger partial charge is 0.382 e. The number of tetrazole rings is 1. The molecule has 2 unspecified atom stereocenters. The number of anilines is 1. The Labute approximate surface area is 119 Å². The quantitative estimate of drug-likeness (QED) is 0.932. The zero-order valence-electron chi connectivity index (χ0n) is 12.0. The van der Waals surface area contributed by atoms with Crippen LogP contribution in [0.5, 0.6) is 0 Å². The summed E-state index contributed by atoms with van der Waals surface area (Å²) >= 11 is 0. The average Bonchev–Trinajstić information content (AvgIpc) is 2.92. The minimum Gasteiger partial charge on any atom is -0.382 e. The molecule has 1 heterocycles. The maximum Gasteiger partial charge on any atom is 0.143 e. The van der Waals surface area contributed by atoms with Crippen molar-refractivity contribution < 1.29 is 0 Å². The van der Waals surface area contributed by atoms with E-state index in [9.17, 15) is 0 Å². The molecule has 0 amide bonds. The normalized spacial score (nSPS) is 26.4. The first-order valence-electron chi connectivity index (χ1n) is 7.30. The Morgan fingerprint density at radius 2 is 1.75 bits per heavy atom. The Bertz CT molecular complexity index is 524. The summed E-state index contributed by atoms with van der Waals surface area (Å²) in [5.41, 5.74) is 2.15. The van der Waals surface area contributed by atoms with E-state index in [2.05, 4.69) is 46.8 Å². The predicted molar refractivity (Wildman–Crippen MR) is 78.7 cm³/mol. The molecule has 2 atom stereocenters. The molecule has 3 rings (SSSR count). The van der Waals surface area contributed by atoms with Crippen molar-refractivity contribution >= 4 is 5.69 Å². The zero-order valence-corrected chi connectivity index (χ0v) is 12.0. The third-order valence-electron chi connectivity index (χ3n) is 4.03. The van der Waals surface area contributed by atoms with Crippen LogP contribution in [0.4, 0.5) is 5.69 Å². The van der Waals surface area contributed by atoms with Crippen molar-refractivity contribution in [2.24, 2.45) is 11.8 Å². The number of nitrogens with zero attached hydrogens (tertiary/aromatic N) is 4. The topological polar surface area (TPSA) is 55.6 Å². The summed E-state index contributed by atoms with van der Waals surface area (Å²) in [4.78, 5) is 0. The van der Waals surface area contributed by atoms with Crippen LogP contribution in [-0.4, -0.2) is 26.2 Å². The smallest absolute Gasteiger partial charge is 0.143 e. The van der Waals surface area contributed by atoms with E-state index in [1.54, 1.807) is 11.0 Å². The van der Waals surface area contributed by atoms with E-state index in [4.69, 9.17) is 0 Å². The molecule has 1 N–H and O–H groups in total. The standard InChI is InChI=1S/C15H21N5/c1-11-7-12(2)9-14(8-11)17-13-3-5-15(6-4-13)20-10-16-18-19-20/h3-6,10-12,14,17H,7-9H2,1-2H3. The number of aromatic nitrogens is 4. The molecule has 20 heavy (non-hydrogen) atoms. The monoisotopic (exact) mass is 271 g/mol. The Kier molecular flexibility index (Phi) is 3.67. The highest BCUT2D eigenvalue weighted by Crippen LogP contribution is 2.30. The average molecular weight is 271 g/mol. The maximum absolute atomic E-state index is 3.89. The summed E-state index contributed by atoms with van der Waals surface area (Å²) in [5.74, 6) is 1.63. The molecule has 0 saturated heterocycles. The molecule has 5 nitrogen and oxygen atoms in total. The number of benzene rings is 1. The summed E-state index contributed by atoms with van der Waals surface area (Å²) in [6, 6.07) is 8.86. The maximum atomic E-state index is 3.89. The molecule has 2 aromatic rings. The molecule has 0 radical (unpaired) electrons. The van der Waals surface area contributed by atoms with E-state index in [0.29, 0.717) is 6.04 Å². The fourth-order valence-corrected chi connectivity index (χ4v) is 3.29. The molecular weight excluding hydrogens is 250 g/mol. The Hall–Kier alpha value is -1.91. The summed E-state index contributed by atoms with van der Waals surface area (Å²) in [6.45, 7) is 4.70. The highest BCUT2D eigenvalue weighted by Gasteiger charge is 2.23. The second-order valence-electron chi connectivity index (χ2n) is 6.06. The molecule has 1 saturated carbocycles. The minimum absolute atomic E-state index is 0.590. The van der Waals surface area contributed by atoms with Crippen molar-refractivity contribution in [1.29, 1.82) is 0 Å². The van der Waals surface area contributed by atoms with Gasteiger partial charge in [0.1, 0.15) is 6.33 Å². The van der Waals surface area contributed by atoms with Crippen molar-refractivity contribution in [2.75, 3.05) is 5.32 Å². The van der Waals surface area contributed by atoms with Gasteiger partial charge in [0.15, 0.2) is 0 Å². The summed E-state index contributed by atoms with van der Waals surface area (Å²) in [7, 11) is 0. The molecule has 1 aromatic heterocycles. The zero-order chi connectivity index (χ0) is 13.9. The van der Waals surface area contributed by atoms with Crippen LogP contribution in [0.25, 0.3) is 5.69 Å². The van der Waals surface area contributed by atoms with Gasteiger partial charge in [0.25, 0.3) is 0 Å². The third-order valence-corrected chi connectivity index (χ3v) is 4.03. The van der Waals surface area contributed by atoms with Crippen molar-refractivity contribution in [1.82, 2.24) is 20.2 Å². The van der Waals surface area contributed by atoms with Crippen LogP contribution in [-0.2, 0) is 0 Å². The fraction of sp³-hybridized carbons (Fsp3) is 0.533. The first-order valence-corrected chi connectivity index (χ1v) is 7.30. The van der Waals surface area contributed by atoms with Crippen molar-refractivity contribution in [2.45, 2.75) is 39.2 Å². The van der Waals surface area contributed by atoms with E-state index >= 15 is 0 Å². The van der Waals surface area contributed by atoms with Crippen LogP contribution < -0.4 is 5.32 Å². The Balaban J connectivity index is 1.66. The fourth-order valence-electron chi connectivity index (χ4n) is 3.29. The number of hydrogen-bond acceptors (Lipinski definition) is 4. The van der Waals surface area contributed by atoms with Gasteiger partial charge in [-0.15, -0.1) is 5.10 Å². The Morgan fingerprint density at radius 1 is 1.05 bits per heavy atom. The number of nitrogens with one attached hydrogen (secondary N) is 1. The lowest BCUT2D eigenvalue weighted by atomic mass is 9.80. The van der Waals surface area contributed by atoms with E-state index < -0.39 is 0 Å². The molecule has 0 spiro atoms. The van der Waals surface area contributed by atoms with Gasteiger partial charge in [-0.3, -0.25) is 0 Å². The predicted octanol–water partition coefficient (Wildman–Crippen LogP) is 2.90. The van der Waals surface area contributed by atoms with Crippen LogP contribution in [0.3, 0.4) is 0 Å².